The van der Waals surface area contributed by atoms with E-state index in [1.165, 1.54) is 0 Å². The lowest BCUT2D eigenvalue weighted by Gasteiger charge is -2.30. The number of aromatic nitrogens is 2. The normalized spacial score (nSPS) is 13.3. The number of carboxylic acids is 1. The van der Waals surface area contributed by atoms with Crippen LogP contribution in [-0.2, 0) is 24.2 Å². The quantitative estimate of drug-likeness (QED) is 0.775. The Hall–Kier alpha value is -3.41. The molecule has 0 fully saturated rings. The fraction of sp³-hybridized carbons (Fsp3) is 0.190. The van der Waals surface area contributed by atoms with Gasteiger partial charge in [-0.1, -0.05) is 36.4 Å². The molecule has 136 valence electrons. The third-order valence-corrected chi connectivity index (χ3v) is 4.89. The van der Waals surface area contributed by atoms with Crippen molar-refractivity contribution in [1.29, 1.82) is 0 Å². The summed E-state index contributed by atoms with van der Waals surface area (Å²) in [4.78, 5) is 30.2. The largest absolute Gasteiger partial charge is 0.481 e. The number of rotatable bonds is 4. The van der Waals surface area contributed by atoms with E-state index in [0.29, 0.717) is 25.2 Å². The zero-order valence-corrected chi connectivity index (χ0v) is 14.7. The Kier molecular flexibility index (Phi) is 4.46. The van der Waals surface area contributed by atoms with E-state index in [-0.39, 0.29) is 12.3 Å². The molecule has 6 heteroatoms. The number of hydrogen-bond donors (Lipinski definition) is 1. The maximum Gasteiger partial charge on any atom is 0.307 e. The number of aliphatic carboxylic acids is 1. The smallest absolute Gasteiger partial charge is 0.307 e. The van der Waals surface area contributed by atoms with Gasteiger partial charge < -0.3 is 10.0 Å². The lowest BCUT2D eigenvalue weighted by molar-refractivity contribution is -0.136. The van der Waals surface area contributed by atoms with Crippen molar-refractivity contribution < 1.29 is 14.7 Å². The summed E-state index contributed by atoms with van der Waals surface area (Å²) < 4.78 is 1.78. The number of carboxylic acid groups (broad SMARTS) is 1. The van der Waals surface area contributed by atoms with Crippen molar-refractivity contribution in [3.63, 3.8) is 0 Å². The van der Waals surface area contributed by atoms with Crippen molar-refractivity contribution in [3.05, 3.63) is 83.4 Å². The summed E-state index contributed by atoms with van der Waals surface area (Å²) >= 11 is 0. The van der Waals surface area contributed by atoms with Crippen LogP contribution in [0.15, 0.2) is 61.1 Å². The van der Waals surface area contributed by atoms with Crippen molar-refractivity contribution in [3.8, 4) is 5.69 Å². The van der Waals surface area contributed by atoms with Crippen molar-refractivity contribution in [2.45, 2.75) is 19.4 Å². The lowest BCUT2D eigenvalue weighted by Crippen LogP contribution is -2.37. The predicted molar refractivity (Wildman–Crippen MR) is 99.8 cm³/mol. The first-order valence-corrected chi connectivity index (χ1v) is 8.82. The molecule has 2 heterocycles. The van der Waals surface area contributed by atoms with Crippen LogP contribution in [0.3, 0.4) is 0 Å². The van der Waals surface area contributed by atoms with Crippen LogP contribution in [0.1, 0.15) is 27.2 Å². The molecule has 1 aliphatic heterocycles. The maximum absolute atomic E-state index is 13.1. The molecule has 0 spiro atoms. The molecule has 0 radical (unpaired) electrons. The molecule has 0 atom stereocenters. The first-order valence-electron chi connectivity index (χ1n) is 8.82. The standard InChI is InChI=1S/C21H19N3O3/c25-20(26)11-16-6-4-5-15-9-10-23(13-18(15)16)21(27)19-12-22-14-24(19)17-7-2-1-3-8-17/h1-8,12,14H,9-11,13H2,(H,25,26). The highest BCUT2D eigenvalue weighted by atomic mass is 16.4. The summed E-state index contributed by atoms with van der Waals surface area (Å²) in [6.45, 7) is 1.01. The first-order chi connectivity index (χ1) is 13.1. The second-order valence-electron chi connectivity index (χ2n) is 6.59. The molecule has 1 aliphatic rings. The molecule has 0 unspecified atom stereocenters. The van der Waals surface area contributed by atoms with E-state index in [0.717, 1.165) is 22.4 Å². The van der Waals surface area contributed by atoms with E-state index < -0.39 is 5.97 Å². The van der Waals surface area contributed by atoms with Gasteiger partial charge in [0.1, 0.15) is 5.69 Å². The highest BCUT2D eigenvalue weighted by molar-refractivity contribution is 5.93. The minimum Gasteiger partial charge on any atom is -0.481 e. The molecule has 1 N–H and O–H groups in total. The number of para-hydroxylation sites is 1. The van der Waals surface area contributed by atoms with Gasteiger partial charge >= 0.3 is 5.97 Å². The number of amides is 1. The second-order valence-corrected chi connectivity index (χ2v) is 6.59. The summed E-state index contributed by atoms with van der Waals surface area (Å²) in [5, 5.41) is 9.16. The molecular formula is C21H19N3O3. The molecule has 0 saturated heterocycles. The van der Waals surface area contributed by atoms with Gasteiger partial charge in [0.25, 0.3) is 5.91 Å². The Balaban J connectivity index is 1.63. The van der Waals surface area contributed by atoms with E-state index in [2.05, 4.69) is 4.98 Å². The molecular weight excluding hydrogens is 342 g/mol. The molecule has 4 rings (SSSR count). The number of nitrogens with zero attached hydrogens (tertiary/aromatic N) is 3. The first kappa shape index (κ1) is 17.0. The maximum atomic E-state index is 13.1. The SMILES string of the molecule is O=C(O)Cc1cccc2c1CN(C(=O)c1cncn1-c1ccccc1)CC2. The number of benzene rings is 2. The van der Waals surface area contributed by atoms with Gasteiger partial charge in [0.15, 0.2) is 0 Å². The minimum absolute atomic E-state index is 0.0346. The van der Waals surface area contributed by atoms with Crippen LogP contribution in [0, 0.1) is 0 Å². The third-order valence-electron chi connectivity index (χ3n) is 4.89. The summed E-state index contributed by atoms with van der Waals surface area (Å²) in [6.07, 6.45) is 3.89. The predicted octanol–water partition coefficient (Wildman–Crippen LogP) is 2.70. The topological polar surface area (TPSA) is 75.4 Å². The Bertz CT molecular complexity index is 995. The molecule has 27 heavy (non-hydrogen) atoms. The fourth-order valence-corrected chi connectivity index (χ4v) is 3.56. The van der Waals surface area contributed by atoms with Crippen LogP contribution >= 0.6 is 0 Å². The Morgan fingerprint density at radius 2 is 1.89 bits per heavy atom. The second kappa shape index (κ2) is 7.07. The summed E-state index contributed by atoms with van der Waals surface area (Å²) in [5.74, 6) is -0.971. The minimum atomic E-state index is -0.867. The van der Waals surface area contributed by atoms with E-state index in [1.54, 1.807) is 22.0 Å². The van der Waals surface area contributed by atoms with Gasteiger partial charge in [0.05, 0.1) is 18.9 Å². The zero-order valence-electron chi connectivity index (χ0n) is 14.7. The van der Waals surface area contributed by atoms with Gasteiger partial charge in [-0.25, -0.2) is 4.98 Å². The van der Waals surface area contributed by atoms with Gasteiger partial charge in [-0.05, 0) is 35.2 Å². The molecule has 0 aliphatic carbocycles. The third kappa shape index (κ3) is 3.33. The molecule has 0 saturated carbocycles. The van der Waals surface area contributed by atoms with E-state index in [1.807, 2.05) is 48.5 Å². The van der Waals surface area contributed by atoms with Crippen LogP contribution in [0.4, 0.5) is 0 Å². The highest BCUT2D eigenvalue weighted by Crippen LogP contribution is 2.25. The Morgan fingerprint density at radius 3 is 2.67 bits per heavy atom. The Morgan fingerprint density at radius 1 is 1.07 bits per heavy atom. The van der Waals surface area contributed by atoms with E-state index >= 15 is 0 Å². The van der Waals surface area contributed by atoms with Crippen molar-refractivity contribution in [2.75, 3.05) is 6.54 Å². The highest BCUT2D eigenvalue weighted by Gasteiger charge is 2.26. The van der Waals surface area contributed by atoms with Crippen molar-refractivity contribution in [2.24, 2.45) is 0 Å². The number of carbonyl (C=O) groups excluding carboxylic acids is 1. The van der Waals surface area contributed by atoms with Crippen LogP contribution in [0.25, 0.3) is 5.69 Å². The van der Waals surface area contributed by atoms with Crippen LogP contribution in [-0.4, -0.2) is 38.0 Å². The average Bonchev–Trinajstić information content (AvgIpc) is 3.17. The monoisotopic (exact) mass is 361 g/mol. The van der Waals surface area contributed by atoms with Crippen molar-refractivity contribution in [1.82, 2.24) is 14.5 Å². The van der Waals surface area contributed by atoms with E-state index in [4.69, 9.17) is 5.11 Å². The van der Waals surface area contributed by atoms with Gasteiger partial charge in [-0.2, -0.15) is 0 Å². The molecule has 1 aromatic heterocycles. The zero-order chi connectivity index (χ0) is 18.8. The number of imidazole rings is 1. The molecule has 0 bridgehead atoms. The number of carbonyl (C=O) groups is 2. The van der Waals surface area contributed by atoms with Gasteiger partial charge in [-0.15, -0.1) is 0 Å². The van der Waals surface area contributed by atoms with Crippen LogP contribution in [0.5, 0.6) is 0 Å². The summed E-state index contributed by atoms with van der Waals surface area (Å²) in [6, 6.07) is 15.3. The number of hydrogen-bond acceptors (Lipinski definition) is 3. The van der Waals surface area contributed by atoms with Crippen LogP contribution < -0.4 is 0 Å². The molecule has 1 amide bonds. The average molecular weight is 361 g/mol. The van der Waals surface area contributed by atoms with Gasteiger partial charge in [0.2, 0.25) is 0 Å². The molecule has 3 aromatic rings. The molecule has 2 aromatic carbocycles. The summed E-state index contributed by atoms with van der Waals surface area (Å²) in [7, 11) is 0. The lowest BCUT2D eigenvalue weighted by atomic mass is 9.93. The van der Waals surface area contributed by atoms with E-state index in [9.17, 15) is 9.59 Å². The van der Waals surface area contributed by atoms with Gasteiger partial charge in [-0.3, -0.25) is 14.2 Å². The number of fused-ring (bicyclic) bond motifs is 1. The Labute approximate surface area is 156 Å². The van der Waals surface area contributed by atoms with Crippen molar-refractivity contribution >= 4 is 11.9 Å². The summed E-state index contributed by atoms with van der Waals surface area (Å²) in [5.41, 5.74) is 4.22. The fourth-order valence-electron chi connectivity index (χ4n) is 3.56. The van der Waals surface area contributed by atoms with Gasteiger partial charge in [0, 0.05) is 18.8 Å². The van der Waals surface area contributed by atoms with Crippen LogP contribution in [0.2, 0.25) is 0 Å². The molecule has 6 nitrogen and oxygen atoms in total.